The van der Waals surface area contributed by atoms with Gasteiger partial charge in [-0.05, 0) is 49.7 Å². The largest absolute Gasteiger partial charge is 0.468 e. The Bertz CT molecular complexity index is 632. The highest BCUT2D eigenvalue weighted by Crippen LogP contribution is 2.43. The topological polar surface area (TPSA) is 61.8 Å². The van der Waals surface area contributed by atoms with Crippen LogP contribution in [0.5, 0.6) is 0 Å². The van der Waals surface area contributed by atoms with Gasteiger partial charge >= 0.3 is 11.9 Å². The van der Waals surface area contributed by atoms with Gasteiger partial charge in [0.15, 0.2) is 13.7 Å². The molecular formula is C22H36O5Si. The number of hydrogen-bond donors (Lipinski definition) is 0. The summed E-state index contributed by atoms with van der Waals surface area (Å²) in [6, 6.07) is 0. The summed E-state index contributed by atoms with van der Waals surface area (Å²) in [5, 5.41) is 0.203. The summed E-state index contributed by atoms with van der Waals surface area (Å²) in [7, 11) is 0.817. The highest BCUT2D eigenvalue weighted by molar-refractivity contribution is 6.74. The highest BCUT2D eigenvalue weighted by Gasteiger charge is 2.47. The molecule has 0 aromatic rings. The first-order valence-electron chi connectivity index (χ1n) is 9.82. The maximum absolute atomic E-state index is 12.4. The molecule has 0 heterocycles. The zero-order chi connectivity index (χ0) is 21.6. The van der Waals surface area contributed by atoms with E-state index in [0.717, 1.165) is 13.0 Å². The van der Waals surface area contributed by atoms with E-state index in [-0.39, 0.29) is 17.9 Å². The lowest BCUT2D eigenvalue weighted by Gasteiger charge is -2.36. The van der Waals surface area contributed by atoms with E-state index in [2.05, 4.69) is 51.8 Å². The van der Waals surface area contributed by atoms with E-state index in [4.69, 9.17) is 13.9 Å². The standard InChI is InChI=1S/C22H36O5Si/c1-9-10-13-22(19(23)25-5,20(24)26-6)14-11-12-17-15-18(17)16-27-28(7,8)21(2,3)4/h11-12,17-18H,13-16H2,1-8H3/b12-11+/t17-,18-/m1/s1. The third-order valence-electron chi connectivity index (χ3n) is 6.01. The predicted molar refractivity (Wildman–Crippen MR) is 113 cm³/mol. The van der Waals surface area contributed by atoms with Crippen LogP contribution in [0, 0.1) is 29.1 Å². The third-order valence-corrected chi connectivity index (χ3v) is 10.5. The Labute approximate surface area is 171 Å². The Morgan fingerprint density at radius 2 is 1.71 bits per heavy atom. The van der Waals surface area contributed by atoms with Crippen molar-refractivity contribution in [2.45, 2.75) is 65.1 Å². The summed E-state index contributed by atoms with van der Waals surface area (Å²) in [6.07, 6.45) is 5.34. The van der Waals surface area contributed by atoms with Crippen molar-refractivity contribution in [2.75, 3.05) is 20.8 Å². The Morgan fingerprint density at radius 1 is 1.14 bits per heavy atom. The first-order chi connectivity index (χ1) is 12.9. The van der Waals surface area contributed by atoms with Crippen LogP contribution in [0.15, 0.2) is 12.2 Å². The molecule has 1 aliphatic carbocycles. The second-order valence-corrected chi connectivity index (χ2v) is 13.8. The van der Waals surface area contributed by atoms with Crippen LogP contribution in [-0.4, -0.2) is 41.1 Å². The molecule has 158 valence electrons. The van der Waals surface area contributed by atoms with Crippen molar-refractivity contribution in [3.63, 3.8) is 0 Å². The second kappa shape index (κ2) is 9.75. The third kappa shape index (κ3) is 5.96. The summed E-state index contributed by atoms with van der Waals surface area (Å²) in [5.74, 6) is 5.28. The average Bonchev–Trinajstić information content (AvgIpc) is 3.39. The number of methoxy groups -OCH3 is 2. The Kier molecular flexibility index (Phi) is 8.52. The predicted octanol–water partition coefficient (Wildman–Crippen LogP) is 4.34. The molecule has 2 atom stereocenters. The van der Waals surface area contributed by atoms with E-state index in [0.29, 0.717) is 11.8 Å². The molecule has 0 spiro atoms. The highest BCUT2D eigenvalue weighted by atomic mass is 28.4. The number of hydrogen-bond acceptors (Lipinski definition) is 5. The van der Waals surface area contributed by atoms with Gasteiger partial charge in [0.05, 0.1) is 14.2 Å². The van der Waals surface area contributed by atoms with Gasteiger partial charge < -0.3 is 13.9 Å². The van der Waals surface area contributed by atoms with Crippen LogP contribution in [0.25, 0.3) is 0 Å². The smallest absolute Gasteiger partial charge is 0.324 e. The van der Waals surface area contributed by atoms with Gasteiger partial charge in [-0.25, -0.2) is 0 Å². The van der Waals surface area contributed by atoms with E-state index in [1.807, 2.05) is 6.08 Å². The Hall–Kier alpha value is -1.58. The number of rotatable bonds is 9. The molecule has 0 bridgehead atoms. The van der Waals surface area contributed by atoms with Crippen molar-refractivity contribution in [3.8, 4) is 11.8 Å². The van der Waals surface area contributed by atoms with Crippen LogP contribution >= 0.6 is 0 Å². The fraction of sp³-hybridized carbons (Fsp3) is 0.727. The van der Waals surface area contributed by atoms with Crippen LogP contribution in [0.2, 0.25) is 18.1 Å². The van der Waals surface area contributed by atoms with E-state index in [9.17, 15) is 9.59 Å². The molecule has 1 rings (SSSR count). The zero-order valence-corrected chi connectivity index (χ0v) is 19.7. The van der Waals surface area contributed by atoms with E-state index in [1.165, 1.54) is 14.2 Å². The van der Waals surface area contributed by atoms with Crippen molar-refractivity contribution in [2.24, 2.45) is 17.3 Å². The molecule has 0 amide bonds. The number of ether oxygens (including phenoxy) is 2. The van der Waals surface area contributed by atoms with Crippen LogP contribution in [0.1, 0.15) is 47.0 Å². The molecule has 0 N–H and O–H groups in total. The molecule has 6 heteroatoms. The summed E-state index contributed by atoms with van der Waals surface area (Å²) in [5.41, 5.74) is -1.41. The molecule has 28 heavy (non-hydrogen) atoms. The van der Waals surface area contributed by atoms with Crippen molar-refractivity contribution >= 4 is 20.3 Å². The van der Waals surface area contributed by atoms with Crippen LogP contribution < -0.4 is 0 Å². The Balaban J connectivity index is 2.73. The molecule has 0 saturated heterocycles. The molecule has 0 aliphatic heterocycles. The Morgan fingerprint density at radius 3 is 2.18 bits per heavy atom. The molecule has 5 nitrogen and oxygen atoms in total. The summed E-state index contributed by atoms with van der Waals surface area (Å²) in [4.78, 5) is 24.7. The first kappa shape index (κ1) is 24.5. The SMILES string of the molecule is CC#CCC(C/C=C/[C@@H]1C[C@@H]1CO[Si](C)(C)C(C)(C)C)(C(=O)OC)C(=O)OC. The van der Waals surface area contributed by atoms with Gasteiger partial charge in [0.25, 0.3) is 0 Å². The molecule has 1 saturated carbocycles. The molecule has 1 aliphatic rings. The molecule has 0 aromatic carbocycles. The summed E-state index contributed by atoms with van der Waals surface area (Å²) >= 11 is 0. The molecule has 0 aromatic heterocycles. The number of esters is 2. The normalized spacial score (nSPS) is 19.7. The van der Waals surface area contributed by atoms with Crippen molar-refractivity contribution in [1.82, 2.24) is 0 Å². The number of carbonyl (C=O) groups is 2. The maximum atomic E-state index is 12.4. The molecule has 1 fully saturated rings. The van der Waals surface area contributed by atoms with E-state index >= 15 is 0 Å². The minimum Gasteiger partial charge on any atom is -0.468 e. The lowest BCUT2D eigenvalue weighted by Crippen LogP contribution is -2.41. The van der Waals surface area contributed by atoms with Gasteiger partial charge in [-0.15, -0.1) is 11.8 Å². The summed E-state index contributed by atoms with van der Waals surface area (Å²) in [6.45, 7) is 13.7. The van der Waals surface area contributed by atoms with Gasteiger partial charge in [-0.1, -0.05) is 32.9 Å². The fourth-order valence-corrected chi connectivity index (χ4v) is 3.83. The number of allylic oxidation sites excluding steroid dienone is 2. The van der Waals surface area contributed by atoms with Crippen molar-refractivity contribution in [3.05, 3.63) is 12.2 Å². The van der Waals surface area contributed by atoms with Gasteiger partial charge in [0.2, 0.25) is 0 Å². The van der Waals surface area contributed by atoms with Gasteiger partial charge in [-0.3, -0.25) is 9.59 Å². The zero-order valence-electron chi connectivity index (χ0n) is 18.7. The van der Waals surface area contributed by atoms with E-state index < -0.39 is 25.7 Å². The minimum atomic E-state index is -1.73. The summed E-state index contributed by atoms with van der Waals surface area (Å²) < 4.78 is 16.1. The van der Waals surface area contributed by atoms with Crippen molar-refractivity contribution < 1.29 is 23.5 Å². The van der Waals surface area contributed by atoms with Crippen molar-refractivity contribution in [1.29, 1.82) is 0 Å². The molecule has 0 unspecified atom stereocenters. The first-order valence-corrected chi connectivity index (χ1v) is 12.7. The second-order valence-electron chi connectivity index (χ2n) is 9.03. The quantitative estimate of drug-likeness (QED) is 0.187. The van der Waals surface area contributed by atoms with Gasteiger partial charge in [0.1, 0.15) is 0 Å². The number of carbonyl (C=O) groups excluding carboxylic acids is 2. The lowest BCUT2D eigenvalue weighted by atomic mass is 9.81. The molecular weight excluding hydrogens is 372 g/mol. The van der Waals surface area contributed by atoms with E-state index in [1.54, 1.807) is 6.92 Å². The van der Waals surface area contributed by atoms with Gasteiger partial charge in [-0.2, -0.15) is 0 Å². The minimum absolute atomic E-state index is 0.0791. The average molecular weight is 409 g/mol. The van der Waals surface area contributed by atoms with Gasteiger partial charge in [0, 0.05) is 13.0 Å². The maximum Gasteiger partial charge on any atom is 0.324 e. The monoisotopic (exact) mass is 408 g/mol. The molecule has 0 radical (unpaired) electrons. The lowest BCUT2D eigenvalue weighted by molar-refractivity contribution is -0.168. The van der Waals surface area contributed by atoms with Crippen LogP contribution in [0.4, 0.5) is 0 Å². The van der Waals surface area contributed by atoms with Crippen LogP contribution in [0.3, 0.4) is 0 Å². The fourth-order valence-electron chi connectivity index (χ4n) is 2.77. The van der Waals surface area contributed by atoms with Crippen LogP contribution in [-0.2, 0) is 23.5 Å².